The number of likely N-dealkylation sites (tertiary alicyclic amines) is 1. The lowest BCUT2D eigenvalue weighted by molar-refractivity contribution is -0.141. The van der Waals surface area contributed by atoms with Gasteiger partial charge in [-0.2, -0.15) is 0 Å². The minimum atomic E-state index is -0.699. The van der Waals surface area contributed by atoms with Gasteiger partial charge in [0.1, 0.15) is 5.82 Å². The Bertz CT molecular complexity index is 769. The van der Waals surface area contributed by atoms with E-state index in [2.05, 4.69) is 16.5 Å². The van der Waals surface area contributed by atoms with E-state index in [0.717, 1.165) is 37.3 Å². The van der Waals surface area contributed by atoms with Crippen LogP contribution in [0.5, 0.6) is 0 Å². The van der Waals surface area contributed by atoms with Crippen LogP contribution in [0.15, 0.2) is 30.3 Å². The largest absolute Gasteiger partial charge is 0.481 e. The summed E-state index contributed by atoms with van der Waals surface area (Å²) < 4.78 is 2.24. The second kappa shape index (κ2) is 6.64. The fourth-order valence-electron chi connectivity index (χ4n) is 4.39. The van der Waals surface area contributed by atoms with Crippen molar-refractivity contribution in [3.63, 3.8) is 0 Å². The number of hydrogen-bond acceptors (Lipinski definition) is 3. The molecule has 1 aliphatic heterocycles. The lowest BCUT2D eigenvalue weighted by atomic mass is 9.89. The van der Waals surface area contributed by atoms with Gasteiger partial charge in [-0.3, -0.25) is 9.69 Å². The highest BCUT2D eigenvalue weighted by Crippen LogP contribution is 2.34. The van der Waals surface area contributed by atoms with E-state index in [9.17, 15) is 9.90 Å². The first-order chi connectivity index (χ1) is 12.1. The molecule has 5 heteroatoms. The van der Waals surface area contributed by atoms with Gasteiger partial charge in [0.2, 0.25) is 0 Å². The molecule has 0 bridgehead atoms. The number of nitrogens with zero attached hydrogens (tertiary/aromatic N) is 3. The number of aliphatic carboxylic acids is 1. The molecular formula is C20H25N3O2. The minimum Gasteiger partial charge on any atom is -0.481 e. The molecule has 0 saturated carbocycles. The van der Waals surface area contributed by atoms with Gasteiger partial charge in [0.05, 0.1) is 18.2 Å². The minimum absolute atomic E-state index is 0.0496. The molecule has 1 aromatic carbocycles. The zero-order valence-corrected chi connectivity index (χ0v) is 14.7. The van der Waals surface area contributed by atoms with Gasteiger partial charge in [-0.1, -0.05) is 30.3 Å². The Morgan fingerprint density at radius 2 is 1.96 bits per heavy atom. The Morgan fingerprint density at radius 3 is 2.68 bits per heavy atom. The Morgan fingerprint density at radius 1 is 1.20 bits per heavy atom. The topological polar surface area (TPSA) is 58.4 Å². The molecule has 132 valence electrons. The zero-order chi connectivity index (χ0) is 17.4. The highest BCUT2D eigenvalue weighted by Gasteiger charge is 2.38. The second-order valence-corrected chi connectivity index (χ2v) is 7.34. The number of rotatable bonds is 4. The summed E-state index contributed by atoms with van der Waals surface area (Å²) in [6, 6.07) is 10.0. The first-order valence-corrected chi connectivity index (χ1v) is 9.17. The van der Waals surface area contributed by atoms with Gasteiger partial charge in [-0.05, 0) is 31.2 Å². The van der Waals surface area contributed by atoms with Crippen LogP contribution >= 0.6 is 0 Å². The summed E-state index contributed by atoms with van der Waals surface area (Å²) in [5.41, 5.74) is 3.74. The van der Waals surface area contributed by atoms with Crippen molar-refractivity contribution < 1.29 is 9.90 Å². The lowest BCUT2D eigenvalue weighted by Gasteiger charge is -2.16. The maximum atomic E-state index is 11.8. The van der Waals surface area contributed by atoms with Gasteiger partial charge in [-0.25, -0.2) is 4.98 Å². The average Bonchev–Trinajstić information content (AvgIpc) is 3.19. The number of carboxylic acids is 1. The molecule has 1 saturated heterocycles. The Hall–Kier alpha value is -2.14. The van der Waals surface area contributed by atoms with E-state index < -0.39 is 5.97 Å². The molecule has 0 radical (unpaired) electrons. The number of fused-ring (bicyclic) bond motifs is 1. The van der Waals surface area contributed by atoms with Crippen LogP contribution in [-0.4, -0.2) is 38.6 Å². The molecule has 0 amide bonds. The maximum Gasteiger partial charge on any atom is 0.308 e. The number of carbonyl (C=O) groups is 1. The number of aromatic nitrogens is 2. The van der Waals surface area contributed by atoms with E-state index in [4.69, 9.17) is 4.98 Å². The molecule has 0 spiro atoms. The standard InChI is InChI=1S/C20H25N3O2/c1-22-18-10-6-5-9-17(18)21-19(22)13-23-11-15(16(12-23)20(24)25)14-7-3-2-4-8-14/h2-4,7-8,15-16H,5-6,9-13H2,1H3,(H,24,25)/t15-,16+/m1/s1. The summed E-state index contributed by atoms with van der Waals surface area (Å²) >= 11 is 0. The molecule has 2 atom stereocenters. The highest BCUT2D eigenvalue weighted by atomic mass is 16.4. The van der Waals surface area contributed by atoms with Crippen LogP contribution in [0.4, 0.5) is 0 Å². The summed E-state index contributed by atoms with van der Waals surface area (Å²) in [6.45, 7) is 2.10. The number of carboxylic acid groups (broad SMARTS) is 1. The molecule has 1 N–H and O–H groups in total. The smallest absolute Gasteiger partial charge is 0.308 e. The maximum absolute atomic E-state index is 11.8. The van der Waals surface area contributed by atoms with Gasteiger partial charge in [0, 0.05) is 31.7 Å². The third kappa shape index (κ3) is 3.09. The van der Waals surface area contributed by atoms with Crippen LogP contribution < -0.4 is 0 Å². The molecule has 25 heavy (non-hydrogen) atoms. The number of imidazole rings is 1. The SMILES string of the molecule is Cn1c(CN2C[C@H](C(=O)O)[C@@H](c3ccccc3)C2)nc2c1CCCC2. The lowest BCUT2D eigenvalue weighted by Crippen LogP contribution is -2.24. The summed E-state index contributed by atoms with van der Waals surface area (Å²) in [4.78, 5) is 18.9. The summed E-state index contributed by atoms with van der Waals surface area (Å²) in [5, 5.41) is 9.67. The highest BCUT2D eigenvalue weighted by molar-refractivity contribution is 5.72. The van der Waals surface area contributed by atoms with Crippen LogP contribution in [-0.2, 0) is 31.2 Å². The average molecular weight is 339 g/mol. The van der Waals surface area contributed by atoms with E-state index in [-0.39, 0.29) is 11.8 Å². The van der Waals surface area contributed by atoms with E-state index in [1.807, 2.05) is 30.3 Å². The first-order valence-electron chi connectivity index (χ1n) is 9.17. The Balaban J connectivity index is 1.54. The van der Waals surface area contributed by atoms with Crippen LogP contribution in [0.2, 0.25) is 0 Å². The summed E-state index contributed by atoms with van der Waals surface area (Å²) in [7, 11) is 2.10. The van der Waals surface area contributed by atoms with Crippen molar-refractivity contribution in [1.29, 1.82) is 0 Å². The molecule has 5 nitrogen and oxygen atoms in total. The summed E-state index contributed by atoms with van der Waals surface area (Å²) in [5.74, 6) is 0.0751. The molecule has 1 aliphatic carbocycles. The number of hydrogen-bond donors (Lipinski definition) is 1. The fourth-order valence-corrected chi connectivity index (χ4v) is 4.39. The molecule has 0 unspecified atom stereocenters. The molecule has 2 heterocycles. The van der Waals surface area contributed by atoms with Crippen LogP contribution in [0, 0.1) is 5.92 Å². The first kappa shape index (κ1) is 16.3. The van der Waals surface area contributed by atoms with Crippen molar-refractivity contribution in [3.8, 4) is 0 Å². The normalized spacial score (nSPS) is 23.6. The molecular weight excluding hydrogens is 314 g/mol. The quantitative estimate of drug-likeness (QED) is 0.930. The Kier molecular flexibility index (Phi) is 4.34. The predicted molar refractivity (Wildman–Crippen MR) is 95.4 cm³/mol. The van der Waals surface area contributed by atoms with Gasteiger partial charge in [0.15, 0.2) is 0 Å². The summed E-state index contributed by atoms with van der Waals surface area (Å²) in [6.07, 6.45) is 4.66. The second-order valence-electron chi connectivity index (χ2n) is 7.34. The van der Waals surface area contributed by atoms with Gasteiger partial charge in [-0.15, -0.1) is 0 Å². The molecule has 1 aromatic heterocycles. The van der Waals surface area contributed by atoms with Crippen molar-refractivity contribution >= 4 is 5.97 Å². The van der Waals surface area contributed by atoms with Gasteiger partial charge < -0.3 is 9.67 Å². The fraction of sp³-hybridized carbons (Fsp3) is 0.500. The van der Waals surface area contributed by atoms with Crippen molar-refractivity contribution in [2.45, 2.75) is 38.1 Å². The molecule has 2 aliphatic rings. The van der Waals surface area contributed by atoms with Crippen molar-refractivity contribution in [2.24, 2.45) is 13.0 Å². The third-order valence-corrected chi connectivity index (χ3v) is 5.77. The third-order valence-electron chi connectivity index (χ3n) is 5.77. The monoisotopic (exact) mass is 339 g/mol. The van der Waals surface area contributed by atoms with Crippen molar-refractivity contribution in [1.82, 2.24) is 14.5 Å². The van der Waals surface area contributed by atoms with Gasteiger partial charge in [0.25, 0.3) is 0 Å². The molecule has 4 rings (SSSR count). The molecule has 2 aromatic rings. The number of aryl methyl sites for hydroxylation is 1. The zero-order valence-electron chi connectivity index (χ0n) is 14.7. The van der Waals surface area contributed by atoms with E-state index in [1.54, 1.807) is 0 Å². The number of benzene rings is 1. The predicted octanol–water partition coefficient (Wildman–Crippen LogP) is 2.60. The van der Waals surface area contributed by atoms with E-state index >= 15 is 0 Å². The molecule has 1 fully saturated rings. The van der Waals surface area contributed by atoms with Crippen molar-refractivity contribution in [2.75, 3.05) is 13.1 Å². The van der Waals surface area contributed by atoms with Crippen LogP contribution in [0.25, 0.3) is 0 Å². The van der Waals surface area contributed by atoms with Crippen LogP contribution in [0.3, 0.4) is 0 Å². The van der Waals surface area contributed by atoms with E-state index in [1.165, 1.54) is 24.2 Å². The van der Waals surface area contributed by atoms with Crippen LogP contribution in [0.1, 0.15) is 41.5 Å². The van der Waals surface area contributed by atoms with Crippen molar-refractivity contribution in [3.05, 3.63) is 53.1 Å². The van der Waals surface area contributed by atoms with Gasteiger partial charge >= 0.3 is 5.97 Å². The Labute approximate surface area is 148 Å². The van der Waals surface area contributed by atoms with E-state index in [0.29, 0.717) is 6.54 Å².